The second-order valence-electron chi connectivity index (χ2n) is 8.19. The van der Waals surface area contributed by atoms with Crippen LogP contribution < -0.4 is 10.2 Å². The van der Waals surface area contributed by atoms with Crippen molar-refractivity contribution in [2.24, 2.45) is 10.2 Å². The van der Waals surface area contributed by atoms with Crippen LogP contribution in [0.4, 0.5) is 0 Å². The van der Waals surface area contributed by atoms with Crippen molar-refractivity contribution in [1.82, 2.24) is 20.5 Å². The van der Waals surface area contributed by atoms with E-state index in [1.165, 1.54) is 32.4 Å². The maximum atomic E-state index is 5.95. The second-order valence-corrected chi connectivity index (χ2v) is 8.19. The molecule has 3 aliphatic rings. The molecule has 1 fully saturated rings. The number of fused-ring (bicyclic) bond motifs is 1. The Balaban J connectivity index is 1.16. The number of nitrogens with one attached hydrogen (secondary N) is 1. The zero-order chi connectivity index (χ0) is 21.0. The van der Waals surface area contributed by atoms with Crippen molar-refractivity contribution in [2.45, 2.75) is 38.6 Å². The lowest BCUT2D eigenvalue weighted by Crippen LogP contribution is -2.46. The highest BCUT2D eigenvalue weighted by Crippen LogP contribution is 2.25. The van der Waals surface area contributed by atoms with Crippen LogP contribution >= 0.6 is 0 Å². The fourth-order valence-corrected chi connectivity index (χ4v) is 4.19. The number of hydrazine groups is 1. The van der Waals surface area contributed by atoms with Crippen molar-refractivity contribution in [3.8, 4) is 5.75 Å². The average molecular weight is 421 g/mol. The number of rotatable bonds is 7. The van der Waals surface area contributed by atoms with Crippen molar-refractivity contribution >= 4 is 17.7 Å². The topological polar surface area (TPSA) is 78.5 Å². The van der Waals surface area contributed by atoms with Crippen molar-refractivity contribution in [3.63, 3.8) is 0 Å². The molecule has 2 aromatic rings. The van der Waals surface area contributed by atoms with Crippen LogP contribution in [-0.2, 0) is 0 Å². The average Bonchev–Trinajstić information content (AvgIpc) is 3.44. The van der Waals surface area contributed by atoms with Crippen LogP contribution in [0, 0.1) is 6.92 Å². The molecule has 0 radical (unpaired) electrons. The minimum Gasteiger partial charge on any atom is -0.494 e. The van der Waals surface area contributed by atoms with E-state index in [9.17, 15) is 0 Å². The molecule has 31 heavy (non-hydrogen) atoms. The van der Waals surface area contributed by atoms with E-state index >= 15 is 0 Å². The van der Waals surface area contributed by atoms with Gasteiger partial charge >= 0.3 is 0 Å². The largest absolute Gasteiger partial charge is 0.494 e. The van der Waals surface area contributed by atoms with Gasteiger partial charge in [0, 0.05) is 12.6 Å². The van der Waals surface area contributed by atoms with Gasteiger partial charge in [-0.15, -0.1) is 5.10 Å². The molecule has 1 aromatic carbocycles. The molecule has 0 bridgehead atoms. The van der Waals surface area contributed by atoms with E-state index in [1.54, 1.807) is 6.21 Å². The third-order valence-electron chi connectivity index (χ3n) is 5.83. The lowest BCUT2D eigenvalue weighted by molar-refractivity contribution is 0.205. The first-order valence-corrected chi connectivity index (χ1v) is 11.0. The Hall–Kier alpha value is -3.13. The molecule has 3 aliphatic heterocycles. The lowest BCUT2D eigenvalue weighted by atomic mass is 10.1. The predicted molar refractivity (Wildman–Crippen MR) is 120 cm³/mol. The summed E-state index contributed by atoms with van der Waals surface area (Å²) in [6.45, 7) is 6.21. The molecule has 1 saturated heterocycles. The third-order valence-corrected chi connectivity index (χ3v) is 5.83. The highest BCUT2D eigenvalue weighted by molar-refractivity contribution is 6.01. The van der Waals surface area contributed by atoms with Gasteiger partial charge in [0.25, 0.3) is 0 Å². The summed E-state index contributed by atoms with van der Waals surface area (Å²) in [5.74, 6) is 2.28. The SMILES string of the molecule is Cc1cc(C2=NN=CC3C=C(c4ccc(OCCCN5CCCCC5)cc4)NN23)no1. The summed E-state index contributed by atoms with van der Waals surface area (Å²) in [7, 11) is 0. The van der Waals surface area contributed by atoms with Crippen LogP contribution in [0.3, 0.4) is 0 Å². The molecular formula is C23H28N6O2. The first kappa shape index (κ1) is 19.8. The Morgan fingerprint density at radius 3 is 2.77 bits per heavy atom. The molecule has 0 spiro atoms. The summed E-state index contributed by atoms with van der Waals surface area (Å²) in [4.78, 5) is 2.55. The number of amidine groups is 1. The van der Waals surface area contributed by atoms with Gasteiger partial charge in [0.05, 0.1) is 18.5 Å². The maximum Gasteiger partial charge on any atom is 0.200 e. The van der Waals surface area contributed by atoms with Crippen LogP contribution in [0.2, 0.25) is 0 Å². The van der Waals surface area contributed by atoms with Crippen molar-refractivity contribution in [1.29, 1.82) is 0 Å². The van der Waals surface area contributed by atoms with Gasteiger partial charge in [-0.3, -0.25) is 10.4 Å². The normalized spacial score (nSPS) is 20.8. The van der Waals surface area contributed by atoms with Gasteiger partial charge in [-0.2, -0.15) is 5.10 Å². The van der Waals surface area contributed by atoms with Crippen LogP contribution in [0.15, 0.2) is 51.1 Å². The van der Waals surface area contributed by atoms with Gasteiger partial charge in [-0.05, 0) is 75.2 Å². The zero-order valence-electron chi connectivity index (χ0n) is 17.8. The molecule has 0 saturated carbocycles. The molecule has 8 nitrogen and oxygen atoms in total. The first-order valence-electron chi connectivity index (χ1n) is 11.0. The molecular weight excluding hydrogens is 392 g/mol. The molecule has 5 rings (SSSR count). The third kappa shape index (κ3) is 4.49. The number of aryl methyl sites for hydroxylation is 1. The number of aromatic nitrogens is 1. The van der Waals surface area contributed by atoms with Gasteiger partial charge < -0.3 is 14.2 Å². The molecule has 0 amide bonds. The Labute approximate surface area is 182 Å². The monoisotopic (exact) mass is 420 g/mol. The Kier molecular flexibility index (Phi) is 5.71. The summed E-state index contributed by atoms with van der Waals surface area (Å²) < 4.78 is 11.1. The fourth-order valence-electron chi connectivity index (χ4n) is 4.19. The minimum atomic E-state index is -0.0229. The summed E-state index contributed by atoms with van der Waals surface area (Å²) in [5.41, 5.74) is 6.17. The van der Waals surface area contributed by atoms with Gasteiger partial charge in [0.15, 0.2) is 11.5 Å². The van der Waals surface area contributed by atoms with E-state index in [2.05, 4.69) is 43.9 Å². The zero-order valence-corrected chi connectivity index (χ0v) is 17.8. The smallest absolute Gasteiger partial charge is 0.200 e. The van der Waals surface area contributed by atoms with Gasteiger partial charge in [-0.25, -0.2) is 0 Å². The summed E-state index contributed by atoms with van der Waals surface area (Å²) >= 11 is 0. The molecule has 1 N–H and O–H groups in total. The number of ether oxygens (including phenoxy) is 1. The number of hydrogen-bond acceptors (Lipinski definition) is 8. The van der Waals surface area contributed by atoms with E-state index in [4.69, 9.17) is 9.26 Å². The Morgan fingerprint density at radius 2 is 2.00 bits per heavy atom. The molecule has 162 valence electrons. The number of piperidine rings is 1. The number of benzene rings is 1. The van der Waals surface area contributed by atoms with Crippen LogP contribution in [0.5, 0.6) is 5.75 Å². The second kappa shape index (κ2) is 8.93. The highest BCUT2D eigenvalue weighted by Gasteiger charge is 2.31. The standard InChI is InChI=1S/C23H28N6O2/c1-17-14-22(27-31-17)23-25-24-16-19-15-21(26-29(19)23)18-6-8-20(9-7-18)30-13-5-12-28-10-3-2-4-11-28/h6-9,14-16,19,26H,2-5,10-13H2,1H3. The summed E-state index contributed by atoms with van der Waals surface area (Å²) in [5, 5.41) is 14.4. The van der Waals surface area contributed by atoms with Gasteiger partial charge in [-0.1, -0.05) is 11.6 Å². The van der Waals surface area contributed by atoms with Gasteiger partial charge in [0.1, 0.15) is 17.6 Å². The van der Waals surface area contributed by atoms with E-state index in [0.29, 0.717) is 11.5 Å². The molecule has 4 heterocycles. The highest BCUT2D eigenvalue weighted by atomic mass is 16.5. The van der Waals surface area contributed by atoms with Crippen molar-refractivity contribution in [2.75, 3.05) is 26.2 Å². The number of nitrogens with zero attached hydrogens (tertiary/aromatic N) is 5. The maximum absolute atomic E-state index is 5.95. The van der Waals surface area contributed by atoms with E-state index in [-0.39, 0.29) is 6.04 Å². The Bertz CT molecular complexity index is 988. The van der Waals surface area contributed by atoms with Crippen molar-refractivity contribution in [3.05, 3.63) is 53.4 Å². The summed E-state index contributed by atoms with van der Waals surface area (Å²) in [6.07, 6.45) is 9.04. The molecule has 1 unspecified atom stereocenters. The molecule has 8 heteroatoms. The molecule has 1 aromatic heterocycles. The van der Waals surface area contributed by atoms with Gasteiger partial charge in [0.2, 0.25) is 0 Å². The number of likely N-dealkylation sites (tertiary alicyclic amines) is 1. The number of hydrogen-bond donors (Lipinski definition) is 1. The molecule has 1 atom stereocenters. The first-order chi connectivity index (χ1) is 15.3. The van der Waals surface area contributed by atoms with Crippen LogP contribution in [0.25, 0.3) is 5.70 Å². The quantitative estimate of drug-likeness (QED) is 0.693. The van der Waals surface area contributed by atoms with E-state index in [0.717, 1.165) is 42.3 Å². The lowest BCUT2D eigenvalue weighted by Gasteiger charge is -2.26. The van der Waals surface area contributed by atoms with Crippen LogP contribution in [-0.4, -0.2) is 59.4 Å². The predicted octanol–water partition coefficient (Wildman–Crippen LogP) is 3.21. The van der Waals surface area contributed by atoms with E-state index in [1.807, 2.05) is 30.1 Å². The minimum absolute atomic E-state index is 0.0229. The molecule has 0 aliphatic carbocycles. The fraction of sp³-hybridized carbons (Fsp3) is 0.435. The van der Waals surface area contributed by atoms with Crippen LogP contribution in [0.1, 0.15) is 42.7 Å². The Morgan fingerprint density at radius 1 is 1.16 bits per heavy atom. The summed E-state index contributed by atoms with van der Waals surface area (Å²) in [6, 6.07) is 10.0. The van der Waals surface area contributed by atoms with E-state index < -0.39 is 0 Å². The van der Waals surface area contributed by atoms with Crippen molar-refractivity contribution < 1.29 is 9.26 Å².